The normalized spacial score (nSPS) is 26.2. The Labute approximate surface area is 164 Å². The molecule has 1 aromatic rings. The van der Waals surface area contributed by atoms with Crippen molar-refractivity contribution in [1.29, 1.82) is 0 Å². The third-order valence-electron chi connectivity index (χ3n) is 6.11. The predicted molar refractivity (Wildman–Crippen MR) is 103 cm³/mol. The first-order chi connectivity index (χ1) is 13.0. The maximum Gasteiger partial charge on any atom is 0.407 e. The summed E-state index contributed by atoms with van der Waals surface area (Å²) in [5.41, 5.74) is 1.05. The van der Waals surface area contributed by atoms with Crippen LogP contribution < -0.4 is 5.32 Å². The van der Waals surface area contributed by atoms with Crippen LogP contribution in [0.25, 0.3) is 0 Å². The van der Waals surface area contributed by atoms with Crippen LogP contribution in [0, 0.1) is 5.92 Å². The third kappa shape index (κ3) is 3.92. The summed E-state index contributed by atoms with van der Waals surface area (Å²) < 4.78 is 0. The largest absolute Gasteiger partial charge is 0.465 e. The van der Waals surface area contributed by atoms with E-state index >= 15 is 0 Å². The van der Waals surface area contributed by atoms with Crippen molar-refractivity contribution >= 4 is 23.6 Å². The molecule has 0 radical (unpaired) electrons. The molecular weight excluding hydrogens is 366 g/mol. The van der Waals surface area contributed by atoms with Gasteiger partial charge in [-0.1, -0.05) is 23.7 Å². The molecule has 3 aliphatic rings. The highest BCUT2D eigenvalue weighted by molar-refractivity contribution is 6.30. The van der Waals surface area contributed by atoms with Crippen molar-refractivity contribution in [1.82, 2.24) is 15.1 Å². The van der Waals surface area contributed by atoms with Crippen molar-refractivity contribution in [3.8, 4) is 0 Å². The number of amides is 2. The molecule has 2 atom stereocenters. The van der Waals surface area contributed by atoms with Crippen LogP contribution in [-0.2, 0) is 4.79 Å². The zero-order valence-corrected chi connectivity index (χ0v) is 16.1. The molecule has 6 nitrogen and oxygen atoms in total. The number of benzene rings is 1. The van der Waals surface area contributed by atoms with E-state index in [9.17, 15) is 14.7 Å². The molecule has 3 fully saturated rings. The minimum Gasteiger partial charge on any atom is -0.465 e. The zero-order chi connectivity index (χ0) is 19.0. The Morgan fingerprint density at radius 2 is 1.74 bits per heavy atom. The number of likely N-dealkylation sites (tertiary alicyclic amines) is 1. The van der Waals surface area contributed by atoms with Crippen LogP contribution in [0.3, 0.4) is 0 Å². The molecule has 2 aliphatic heterocycles. The fourth-order valence-electron chi connectivity index (χ4n) is 4.53. The Morgan fingerprint density at radius 3 is 2.33 bits per heavy atom. The summed E-state index contributed by atoms with van der Waals surface area (Å²) in [7, 11) is 0. The fraction of sp³-hybridized carbons (Fsp3) is 0.600. The number of carboxylic acid groups (broad SMARTS) is 1. The molecule has 2 amide bonds. The average Bonchev–Trinajstić information content (AvgIpc) is 3.41. The summed E-state index contributed by atoms with van der Waals surface area (Å²) >= 11 is 6.03. The van der Waals surface area contributed by atoms with Gasteiger partial charge in [-0.2, -0.15) is 0 Å². The fourth-order valence-corrected chi connectivity index (χ4v) is 4.66. The molecule has 1 aromatic carbocycles. The number of rotatable bonds is 4. The SMILES string of the molecule is O=C(C1CCNCC1)N1C[C@@H](N(C(=O)O)C2CC2)[C@H](c2ccc(Cl)cc2)C1. The second-order valence-electron chi connectivity index (χ2n) is 7.91. The maximum absolute atomic E-state index is 13.1. The summed E-state index contributed by atoms with van der Waals surface area (Å²) in [6.45, 7) is 2.81. The van der Waals surface area contributed by atoms with Crippen LogP contribution in [0.4, 0.5) is 4.79 Å². The number of carbonyl (C=O) groups excluding carboxylic acids is 1. The predicted octanol–water partition coefficient (Wildman–Crippen LogP) is 2.78. The first kappa shape index (κ1) is 18.6. The molecule has 1 saturated carbocycles. The van der Waals surface area contributed by atoms with Gasteiger partial charge in [0, 0.05) is 36.0 Å². The van der Waals surface area contributed by atoms with Gasteiger partial charge in [0.15, 0.2) is 0 Å². The van der Waals surface area contributed by atoms with Gasteiger partial charge in [-0.3, -0.25) is 9.69 Å². The Morgan fingerprint density at radius 1 is 1.07 bits per heavy atom. The second-order valence-corrected chi connectivity index (χ2v) is 8.35. The average molecular weight is 392 g/mol. The lowest BCUT2D eigenvalue weighted by Gasteiger charge is -2.30. The highest BCUT2D eigenvalue weighted by Gasteiger charge is 2.47. The molecule has 0 unspecified atom stereocenters. The van der Waals surface area contributed by atoms with Gasteiger partial charge in [0.25, 0.3) is 0 Å². The van der Waals surface area contributed by atoms with Crippen LogP contribution in [0.1, 0.15) is 37.2 Å². The van der Waals surface area contributed by atoms with Gasteiger partial charge >= 0.3 is 6.09 Å². The highest BCUT2D eigenvalue weighted by Crippen LogP contribution is 2.38. The van der Waals surface area contributed by atoms with E-state index in [-0.39, 0.29) is 29.8 Å². The molecule has 0 spiro atoms. The first-order valence-corrected chi connectivity index (χ1v) is 10.2. The van der Waals surface area contributed by atoms with Crippen molar-refractivity contribution in [3.63, 3.8) is 0 Å². The van der Waals surface area contributed by atoms with E-state index in [1.165, 1.54) is 0 Å². The Kier molecular flexibility index (Phi) is 5.28. The summed E-state index contributed by atoms with van der Waals surface area (Å²) in [6.07, 6.45) is 2.67. The van der Waals surface area contributed by atoms with Crippen molar-refractivity contribution in [2.75, 3.05) is 26.2 Å². The highest BCUT2D eigenvalue weighted by atomic mass is 35.5. The summed E-state index contributed by atoms with van der Waals surface area (Å²) in [6, 6.07) is 7.51. The second kappa shape index (κ2) is 7.68. The van der Waals surface area contributed by atoms with Gasteiger partial charge in [-0.05, 0) is 56.5 Å². The number of halogens is 1. The lowest BCUT2D eigenvalue weighted by Crippen LogP contribution is -2.46. The Balaban J connectivity index is 1.58. The monoisotopic (exact) mass is 391 g/mol. The minimum atomic E-state index is -0.877. The quantitative estimate of drug-likeness (QED) is 0.827. The topological polar surface area (TPSA) is 72.9 Å². The molecule has 0 aromatic heterocycles. The van der Waals surface area contributed by atoms with Gasteiger partial charge in [0.05, 0.1) is 6.04 Å². The Hall–Kier alpha value is -1.79. The van der Waals surface area contributed by atoms with Crippen LogP contribution >= 0.6 is 11.6 Å². The van der Waals surface area contributed by atoms with Gasteiger partial charge < -0.3 is 15.3 Å². The molecule has 7 heteroatoms. The molecule has 2 N–H and O–H groups in total. The van der Waals surface area contributed by atoms with Crippen LogP contribution in [-0.4, -0.2) is 65.2 Å². The number of nitrogens with zero attached hydrogens (tertiary/aromatic N) is 2. The van der Waals surface area contributed by atoms with Gasteiger partial charge in [-0.25, -0.2) is 4.79 Å². The minimum absolute atomic E-state index is 0.00960. The summed E-state index contributed by atoms with van der Waals surface area (Å²) in [5.74, 6) is 0.221. The van der Waals surface area contributed by atoms with Crippen LogP contribution in [0.5, 0.6) is 0 Å². The van der Waals surface area contributed by atoms with E-state index < -0.39 is 6.09 Å². The molecule has 2 saturated heterocycles. The van der Waals surface area contributed by atoms with Gasteiger partial charge in [0.2, 0.25) is 5.91 Å². The lowest BCUT2D eigenvalue weighted by atomic mass is 9.93. The summed E-state index contributed by atoms with van der Waals surface area (Å²) in [5, 5.41) is 13.8. The smallest absolute Gasteiger partial charge is 0.407 e. The van der Waals surface area contributed by atoms with E-state index in [0.29, 0.717) is 18.1 Å². The van der Waals surface area contributed by atoms with Crippen LogP contribution in [0.2, 0.25) is 5.02 Å². The number of hydrogen-bond acceptors (Lipinski definition) is 3. The van der Waals surface area contributed by atoms with E-state index in [2.05, 4.69) is 5.32 Å². The van der Waals surface area contributed by atoms with Gasteiger partial charge in [-0.15, -0.1) is 0 Å². The molecule has 2 heterocycles. The molecule has 146 valence electrons. The Bertz CT molecular complexity index is 701. The number of nitrogens with one attached hydrogen (secondary N) is 1. The summed E-state index contributed by atoms with van der Waals surface area (Å²) in [4.78, 5) is 28.5. The van der Waals surface area contributed by atoms with Crippen molar-refractivity contribution in [3.05, 3.63) is 34.9 Å². The molecule has 27 heavy (non-hydrogen) atoms. The third-order valence-corrected chi connectivity index (χ3v) is 6.36. The van der Waals surface area contributed by atoms with Crippen LogP contribution in [0.15, 0.2) is 24.3 Å². The van der Waals surface area contributed by atoms with E-state index in [0.717, 1.165) is 44.3 Å². The number of carbonyl (C=O) groups is 2. The molecule has 1 aliphatic carbocycles. The van der Waals surface area contributed by atoms with E-state index in [1.807, 2.05) is 29.2 Å². The van der Waals surface area contributed by atoms with Gasteiger partial charge in [0.1, 0.15) is 0 Å². The van der Waals surface area contributed by atoms with Crippen molar-refractivity contribution < 1.29 is 14.7 Å². The number of hydrogen-bond donors (Lipinski definition) is 2. The van der Waals surface area contributed by atoms with Crippen molar-refractivity contribution in [2.24, 2.45) is 5.92 Å². The molecule has 0 bridgehead atoms. The van der Waals surface area contributed by atoms with E-state index in [1.54, 1.807) is 4.90 Å². The van der Waals surface area contributed by atoms with E-state index in [4.69, 9.17) is 11.6 Å². The zero-order valence-electron chi connectivity index (χ0n) is 15.3. The standard InChI is InChI=1S/C20H26ClN3O3/c21-15-3-1-13(2-4-15)17-11-23(19(25)14-7-9-22-10-8-14)12-18(17)24(20(26)27)16-5-6-16/h1-4,14,16-18,22H,5-12H2,(H,26,27)/t17-,18+/m0/s1. The maximum atomic E-state index is 13.1. The lowest BCUT2D eigenvalue weighted by molar-refractivity contribution is -0.135. The molecule has 4 rings (SSSR count). The molecular formula is C20H26ClN3O3. The van der Waals surface area contributed by atoms with Crippen molar-refractivity contribution in [2.45, 2.75) is 43.7 Å². The number of piperidine rings is 1. The first-order valence-electron chi connectivity index (χ1n) is 9.81.